The number of aromatic nitrogens is 2. The van der Waals surface area contributed by atoms with E-state index in [4.69, 9.17) is 4.42 Å². The van der Waals surface area contributed by atoms with Crippen LogP contribution in [0.1, 0.15) is 35.0 Å². The molecule has 3 amide bonds. The number of benzene rings is 1. The minimum Gasteiger partial charge on any atom is -0.459 e. The normalized spacial score (nSPS) is 14.6. The lowest BCUT2D eigenvalue weighted by molar-refractivity contribution is 0.0640. The van der Waals surface area contributed by atoms with Crippen molar-refractivity contribution in [1.82, 2.24) is 20.0 Å². The number of amides is 3. The van der Waals surface area contributed by atoms with E-state index in [0.29, 0.717) is 37.1 Å². The Bertz CT molecular complexity index is 1010. The van der Waals surface area contributed by atoms with Gasteiger partial charge in [0.05, 0.1) is 6.26 Å². The molecule has 1 aliphatic rings. The lowest BCUT2D eigenvalue weighted by atomic mass is 9.85. The zero-order valence-corrected chi connectivity index (χ0v) is 17.7. The van der Waals surface area contributed by atoms with E-state index in [-0.39, 0.29) is 17.4 Å². The van der Waals surface area contributed by atoms with Crippen LogP contribution < -0.4 is 5.32 Å². The lowest BCUT2D eigenvalue weighted by Gasteiger charge is -2.34. The summed E-state index contributed by atoms with van der Waals surface area (Å²) in [6.45, 7) is 5.97. The zero-order valence-electron chi connectivity index (χ0n) is 16.9. The third kappa shape index (κ3) is 4.06. The summed E-state index contributed by atoms with van der Waals surface area (Å²) in [4.78, 5) is 28.3. The van der Waals surface area contributed by atoms with Crippen LogP contribution in [0, 0.1) is 0 Å². The molecule has 1 aliphatic heterocycles. The van der Waals surface area contributed by atoms with Crippen LogP contribution in [0.5, 0.6) is 0 Å². The minimum atomic E-state index is -0.306. The van der Waals surface area contributed by atoms with Crippen molar-refractivity contribution in [2.75, 3.05) is 31.5 Å². The van der Waals surface area contributed by atoms with Gasteiger partial charge in [-0.2, -0.15) is 0 Å². The SMILES string of the molecule is CC(C)(c1ccccc1)c1nnc(NC(=O)N2CCN(C(=O)c3ccco3)CC2)s1. The van der Waals surface area contributed by atoms with Crippen molar-refractivity contribution >= 4 is 28.4 Å². The van der Waals surface area contributed by atoms with Gasteiger partial charge in [-0.05, 0) is 31.5 Å². The summed E-state index contributed by atoms with van der Waals surface area (Å²) in [5.41, 5.74) is 0.830. The molecule has 0 radical (unpaired) electrons. The molecular weight excluding hydrogens is 402 g/mol. The molecule has 3 heterocycles. The number of nitrogens with zero attached hydrogens (tertiary/aromatic N) is 4. The summed E-state index contributed by atoms with van der Waals surface area (Å²) >= 11 is 1.37. The molecule has 2 aromatic heterocycles. The molecular formula is C21H23N5O3S. The predicted octanol–water partition coefficient (Wildman–Crippen LogP) is 3.45. The molecule has 156 valence electrons. The van der Waals surface area contributed by atoms with Gasteiger partial charge < -0.3 is 14.2 Å². The Morgan fingerprint density at radius 1 is 1.00 bits per heavy atom. The molecule has 0 spiro atoms. The van der Waals surface area contributed by atoms with Crippen molar-refractivity contribution in [2.24, 2.45) is 0 Å². The minimum absolute atomic E-state index is 0.156. The van der Waals surface area contributed by atoms with Crippen LogP contribution >= 0.6 is 11.3 Å². The van der Waals surface area contributed by atoms with Crippen LogP contribution in [0.25, 0.3) is 0 Å². The third-order valence-corrected chi connectivity index (χ3v) is 6.42. The summed E-state index contributed by atoms with van der Waals surface area (Å²) in [5.74, 6) is 0.160. The molecule has 8 nitrogen and oxygen atoms in total. The summed E-state index contributed by atoms with van der Waals surface area (Å²) in [6.07, 6.45) is 1.48. The number of carbonyl (C=O) groups excluding carboxylic acids is 2. The second-order valence-corrected chi connectivity index (χ2v) is 8.57. The van der Waals surface area contributed by atoms with E-state index in [1.807, 2.05) is 18.2 Å². The summed E-state index contributed by atoms with van der Waals surface area (Å²) in [5, 5.41) is 12.6. The number of anilines is 1. The van der Waals surface area contributed by atoms with Gasteiger partial charge in [-0.15, -0.1) is 10.2 Å². The second kappa shape index (κ2) is 8.27. The van der Waals surface area contributed by atoms with Crippen molar-refractivity contribution in [3.63, 3.8) is 0 Å². The van der Waals surface area contributed by atoms with Crippen molar-refractivity contribution in [3.05, 3.63) is 65.1 Å². The molecule has 30 heavy (non-hydrogen) atoms. The van der Waals surface area contributed by atoms with Crippen molar-refractivity contribution in [2.45, 2.75) is 19.3 Å². The highest BCUT2D eigenvalue weighted by Gasteiger charge is 2.29. The topological polar surface area (TPSA) is 91.6 Å². The first-order chi connectivity index (χ1) is 14.4. The van der Waals surface area contributed by atoms with E-state index in [2.05, 4.69) is 41.5 Å². The average Bonchev–Trinajstić information content (AvgIpc) is 3.47. The Morgan fingerprint density at radius 2 is 1.70 bits per heavy atom. The molecule has 0 aliphatic carbocycles. The van der Waals surface area contributed by atoms with Gasteiger partial charge in [-0.1, -0.05) is 41.7 Å². The quantitative estimate of drug-likeness (QED) is 0.691. The highest BCUT2D eigenvalue weighted by molar-refractivity contribution is 7.15. The Kier molecular flexibility index (Phi) is 5.54. The second-order valence-electron chi connectivity index (χ2n) is 7.59. The van der Waals surface area contributed by atoms with Crippen molar-refractivity contribution in [3.8, 4) is 0 Å². The molecule has 1 aromatic carbocycles. The lowest BCUT2D eigenvalue weighted by Crippen LogP contribution is -2.51. The first kappa shape index (κ1) is 20.1. The van der Waals surface area contributed by atoms with Crippen LogP contribution in [-0.4, -0.2) is 58.1 Å². The van der Waals surface area contributed by atoms with Gasteiger partial charge in [0.25, 0.3) is 5.91 Å². The summed E-state index contributed by atoms with van der Waals surface area (Å²) < 4.78 is 5.17. The summed E-state index contributed by atoms with van der Waals surface area (Å²) in [7, 11) is 0. The van der Waals surface area contributed by atoms with E-state index in [0.717, 1.165) is 10.6 Å². The average molecular weight is 426 g/mol. The van der Waals surface area contributed by atoms with E-state index in [1.165, 1.54) is 17.6 Å². The van der Waals surface area contributed by atoms with Gasteiger partial charge in [0.2, 0.25) is 5.13 Å². The number of rotatable bonds is 4. The van der Waals surface area contributed by atoms with Crippen LogP contribution in [0.3, 0.4) is 0 Å². The molecule has 1 N–H and O–H groups in total. The van der Waals surface area contributed by atoms with Gasteiger partial charge in [-0.25, -0.2) is 4.79 Å². The maximum absolute atomic E-state index is 12.6. The molecule has 0 unspecified atom stereocenters. The molecule has 9 heteroatoms. The van der Waals surface area contributed by atoms with Gasteiger partial charge in [0, 0.05) is 31.6 Å². The zero-order chi connectivity index (χ0) is 21.1. The van der Waals surface area contributed by atoms with E-state index < -0.39 is 0 Å². The maximum atomic E-state index is 12.6. The number of nitrogens with one attached hydrogen (secondary N) is 1. The molecule has 0 atom stereocenters. The Hall–Kier alpha value is -3.20. The van der Waals surface area contributed by atoms with Crippen LogP contribution in [0.4, 0.5) is 9.93 Å². The van der Waals surface area contributed by atoms with Gasteiger partial charge in [0.1, 0.15) is 5.01 Å². The van der Waals surface area contributed by atoms with Gasteiger partial charge >= 0.3 is 6.03 Å². The van der Waals surface area contributed by atoms with Crippen LogP contribution in [0.15, 0.2) is 53.1 Å². The van der Waals surface area contributed by atoms with E-state index in [9.17, 15) is 9.59 Å². The number of carbonyl (C=O) groups is 2. The van der Waals surface area contributed by atoms with E-state index >= 15 is 0 Å². The fourth-order valence-electron chi connectivity index (χ4n) is 3.34. The summed E-state index contributed by atoms with van der Waals surface area (Å²) in [6, 6.07) is 13.2. The monoisotopic (exact) mass is 425 g/mol. The first-order valence-electron chi connectivity index (χ1n) is 9.73. The van der Waals surface area contributed by atoms with E-state index in [1.54, 1.807) is 21.9 Å². The van der Waals surface area contributed by atoms with Crippen molar-refractivity contribution in [1.29, 1.82) is 0 Å². The van der Waals surface area contributed by atoms with Crippen LogP contribution in [0.2, 0.25) is 0 Å². The first-order valence-corrected chi connectivity index (χ1v) is 10.5. The fraction of sp³-hybridized carbons (Fsp3) is 0.333. The standard InChI is InChI=1S/C21H23N5O3S/c1-21(2,15-7-4-3-5-8-15)18-23-24-19(30-18)22-20(28)26-12-10-25(11-13-26)17(27)16-9-6-14-29-16/h3-9,14H,10-13H2,1-2H3,(H,22,24,28). The highest BCUT2D eigenvalue weighted by Crippen LogP contribution is 2.34. The molecule has 0 saturated carbocycles. The molecule has 1 fully saturated rings. The highest BCUT2D eigenvalue weighted by atomic mass is 32.1. The number of piperazine rings is 1. The molecule has 3 aromatic rings. The van der Waals surface area contributed by atoms with Crippen LogP contribution in [-0.2, 0) is 5.41 Å². The smallest absolute Gasteiger partial charge is 0.323 e. The van der Waals surface area contributed by atoms with Gasteiger partial charge in [0.15, 0.2) is 5.76 Å². The molecule has 1 saturated heterocycles. The number of hydrogen-bond acceptors (Lipinski definition) is 6. The maximum Gasteiger partial charge on any atom is 0.323 e. The fourth-order valence-corrected chi connectivity index (χ4v) is 4.20. The largest absolute Gasteiger partial charge is 0.459 e. The van der Waals surface area contributed by atoms with Gasteiger partial charge in [-0.3, -0.25) is 10.1 Å². The Labute approximate surface area is 178 Å². The number of furan rings is 1. The van der Waals surface area contributed by atoms with Crippen molar-refractivity contribution < 1.29 is 14.0 Å². The predicted molar refractivity (Wildman–Crippen MR) is 114 cm³/mol. The number of urea groups is 1. The third-order valence-electron chi connectivity index (χ3n) is 5.26. The Balaban J connectivity index is 1.35. The molecule has 0 bridgehead atoms. The molecule has 4 rings (SSSR count). The number of hydrogen-bond donors (Lipinski definition) is 1. The Morgan fingerprint density at radius 3 is 2.37 bits per heavy atom.